The molecule has 112 valence electrons. The predicted octanol–water partition coefficient (Wildman–Crippen LogP) is 2.60. The number of rotatable bonds is 6. The van der Waals surface area contributed by atoms with Gasteiger partial charge in [0.2, 0.25) is 0 Å². The fourth-order valence-corrected chi connectivity index (χ4v) is 3.26. The standard InChI is InChI=1S/C15H22BrNO3/c1-19-10-12(18)9-17-7-3-4-14(17)13-8-11(16)5-6-15(13)20-2/h5-6,8,12,14,18H,3-4,7,9-10H2,1-2H3/t12-,14?/m0/s1. The number of hydrogen-bond acceptors (Lipinski definition) is 4. The van der Waals surface area contributed by atoms with Crippen molar-refractivity contribution in [3.63, 3.8) is 0 Å². The lowest BCUT2D eigenvalue weighted by Crippen LogP contribution is -2.34. The Hall–Kier alpha value is -0.620. The van der Waals surface area contributed by atoms with Crippen molar-refractivity contribution < 1.29 is 14.6 Å². The van der Waals surface area contributed by atoms with Crippen molar-refractivity contribution in [2.24, 2.45) is 0 Å². The summed E-state index contributed by atoms with van der Waals surface area (Å²) in [5.74, 6) is 0.909. The number of likely N-dealkylation sites (tertiary alicyclic amines) is 1. The van der Waals surface area contributed by atoms with Crippen LogP contribution in [0.5, 0.6) is 5.75 Å². The van der Waals surface area contributed by atoms with Crippen molar-refractivity contribution in [2.45, 2.75) is 25.0 Å². The number of nitrogens with zero attached hydrogens (tertiary/aromatic N) is 1. The van der Waals surface area contributed by atoms with E-state index in [0.29, 0.717) is 19.2 Å². The summed E-state index contributed by atoms with van der Waals surface area (Å²) >= 11 is 3.52. The number of β-amino-alcohol motifs (C(OH)–C–C–N with tert-alkyl or cyclic N) is 1. The largest absolute Gasteiger partial charge is 0.496 e. The summed E-state index contributed by atoms with van der Waals surface area (Å²) in [4.78, 5) is 2.31. The van der Waals surface area contributed by atoms with Crippen molar-refractivity contribution >= 4 is 15.9 Å². The Balaban J connectivity index is 2.16. The first-order chi connectivity index (χ1) is 9.65. The molecule has 1 aliphatic rings. The second kappa shape index (κ2) is 7.41. The highest BCUT2D eigenvalue weighted by atomic mass is 79.9. The van der Waals surface area contributed by atoms with Gasteiger partial charge in [-0.05, 0) is 37.6 Å². The maximum absolute atomic E-state index is 9.95. The van der Waals surface area contributed by atoms with Gasteiger partial charge in [-0.25, -0.2) is 0 Å². The van der Waals surface area contributed by atoms with Crippen LogP contribution in [0.3, 0.4) is 0 Å². The molecule has 1 fully saturated rings. The smallest absolute Gasteiger partial charge is 0.123 e. The summed E-state index contributed by atoms with van der Waals surface area (Å²) < 4.78 is 11.5. The minimum Gasteiger partial charge on any atom is -0.496 e. The number of hydrogen-bond donors (Lipinski definition) is 1. The summed E-state index contributed by atoms with van der Waals surface area (Å²) in [6.45, 7) is 2.01. The van der Waals surface area contributed by atoms with Crippen molar-refractivity contribution in [1.82, 2.24) is 4.90 Å². The third kappa shape index (κ3) is 3.73. The molecule has 0 bridgehead atoms. The monoisotopic (exact) mass is 343 g/mol. The first kappa shape index (κ1) is 15.8. The van der Waals surface area contributed by atoms with Gasteiger partial charge in [0, 0.05) is 29.7 Å². The molecule has 1 saturated heterocycles. The van der Waals surface area contributed by atoms with Gasteiger partial charge in [-0.1, -0.05) is 15.9 Å². The molecule has 0 aromatic heterocycles. The Morgan fingerprint density at radius 3 is 2.95 bits per heavy atom. The lowest BCUT2D eigenvalue weighted by Gasteiger charge is -2.28. The number of aliphatic hydroxyl groups is 1. The van der Waals surface area contributed by atoms with E-state index in [1.807, 2.05) is 12.1 Å². The van der Waals surface area contributed by atoms with Crippen molar-refractivity contribution in [3.8, 4) is 5.75 Å². The average Bonchev–Trinajstić information content (AvgIpc) is 2.86. The van der Waals surface area contributed by atoms with Gasteiger partial charge in [0.05, 0.1) is 19.8 Å². The zero-order valence-corrected chi connectivity index (χ0v) is 13.6. The summed E-state index contributed by atoms with van der Waals surface area (Å²) in [6, 6.07) is 6.39. The Kier molecular flexibility index (Phi) is 5.84. The van der Waals surface area contributed by atoms with Crippen LogP contribution < -0.4 is 4.74 Å². The van der Waals surface area contributed by atoms with Crippen LogP contribution in [0.15, 0.2) is 22.7 Å². The molecule has 0 radical (unpaired) electrons. The summed E-state index contributed by atoms with van der Waals surface area (Å²) in [7, 11) is 3.31. The molecule has 0 spiro atoms. The molecular weight excluding hydrogens is 322 g/mol. The Morgan fingerprint density at radius 2 is 2.25 bits per heavy atom. The molecule has 2 rings (SSSR count). The van der Waals surface area contributed by atoms with Crippen LogP contribution in [0.1, 0.15) is 24.4 Å². The van der Waals surface area contributed by atoms with Crippen LogP contribution in [0.25, 0.3) is 0 Å². The second-order valence-electron chi connectivity index (χ2n) is 5.15. The second-order valence-corrected chi connectivity index (χ2v) is 6.06. The molecular formula is C15H22BrNO3. The lowest BCUT2D eigenvalue weighted by molar-refractivity contribution is 0.0344. The maximum Gasteiger partial charge on any atom is 0.123 e. The maximum atomic E-state index is 9.95. The highest BCUT2D eigenvalue weighted by Crippen LogP contribution is 2.38. The number of aliphatic hydroxyl groups excluding tert-OH is 1. The minimum absolute atomic E-state index is 0.300. The molecule has 1 N–H and O–H groups in total. The van der Waals surface area contributed by atoms with E-state index >= 15 is 0 Å². The third-order valence-electron chi connectivity index (χ3n) is 3.72. The zero-order valence-electron chi connectivity index (χ0n) is 12.0. The average molecular weight is 344 g/mol. The van der Waals surface area contributed by atoms with E-state index in [1.165, 1.54) is 5.56 Å². The number of ether oxygens (including phenoxy) is 2. The van der Waals surface area contributed by atoms with Gasteiger partial charge in [-0.15, -0.1) is 0 Å². The van der Waals surface area contributed by atoms with E-state index in [1.54, 1.807) is 14.2 Å². The zero-order chi connectivity index (χ0) is 14.5. The number of halogens is 1. The van der Waals surface area contributed by atoms with Crippen molar-refractivity contribution in [3.05, 3.63) is 28.2 Å². The molecule has 4 nitrogen and oxygen atoms in total. The molecule has 1 heterocycles. The first-order valence-electron chi connectivity index (χ1n) is 6.90. The fourth-order valence-electron chi connectivity index (χ4n) is 2.88. The summed E-state index contributed by atoms with van der Waals surface area (Å²) in [5, 5.41) is 9.95. The molecule has 1 aromatic rings. The highest BCUT2D eigenvalue weighted by Gasteiger charge is 2.29. The number of methoxy groups -OCH3 is 2. The van der Waals surface area contributed by atoms with Gasteiger partial charge in [0.1, 0.15) is 5.75 Å². The van der Waals surface area contributed by atoms with Crippen LogP contribution in [-0.4, -0.2) is 50.0 Å². The van der Waals surface area contributed by atoms with Gasteiger partial charge in [-0.2, -0.15) is 0 Å². The number of benzene rings is 1. The Labute approximate surface area is 128 Å². The van der Waals surface area contributed by atoms with Crippen molar-refractivity contribution in [2.75, 3.05) is 33.9 Å². The molecule has 0 saturated carbocycles. The predicted molar refractivity (Wildman–Crippen MR) is 82.1 cm³/mol. The van der Waals surface area contributed by atoms with Crippen LogP contribution in [0.2, 0.25) is 0 Å². The SMILES string of the molecule is COC[C@@H](O)CN1CCCC1c1cc(Br)ccc1OC. The molecule has 1 unspecified atom stereocenters. The quantitative estimate of drug-likeness (QED) is 0.861. The minimum atomic E-state index is -0.446. The van der Waals surface area contributed by atoms with Gasteiger partial charge in [0.15, 0.2) is 0 Å². The van der Waals surface area contributed by atoms with Crippen LogP contribution in [0.4, 0.5) is 0 Å². The fraction of sp³-hybridized carbons (Fsp3) is 0.600. The van der Waals surface area contributed by atoms with E-state index in [-0.39, 0.29) is 0 Å². The van der Waals surface area contributed by atoms with Crippen LogP contribution >= 0.6 is 15.9 Å². The van der Waals surface area contributed by atoms with Crippen LogP contribution in [-0.2, 0) is 4.74 Å². The topological polar surface area (TPSA) is 41.9 Å². The van der Waals surface area contributed by atoms with E-state index < -0.39 is 6.10 Å². The van der Waals surface area contributed by atoms with E-state index in [0.717, 1.165) is 29.6 Å². The summed E-state index contributed by atoms with van der Waals surface area (Å²) in [6.07, 6.45) is 1.78. The van der Waals surface area contributed by atoms with Crippen molar-refractivity contribution in [1.29, 1.82) is 0 Å². The van der Waals surface area contributed by atoms with E-state index in [4.69, 9.17) is 9.47 Å². The van der Waals surface area contributed by atoms with Crippen LogP contribution in [0, 0.1) is 0 Å². The van der Waals surface area contributed by atoms with E-state index in [9.17, 15) is 5.11 Å². The normalized spacial score (nSPS) is 21.1. The molecule has 0 aliphatic carbocycles. The van der Waals surface area contributed by atoms with Gasteiger partial charge >= 0.3 is 0 Å². The molecule has 1 aliphatic heterocycles. The molecule has 5 heteroatoms. The highest BCUT2D eigenvalue weighted by molar-refractivity contribution is 9.10. The molecule has 0 amide bonds. The summed E-state index contributed by atoms with van der Waals surface area (Å²) in [5.41, 5.74) is 1.18. The molecule has 2 atom stereocenters. The molecule has 20 heavy (non-hydrogen) atoms. The van der Waals surface area contributed by atoms with Gasteiger partial charge in [-0.3, -0.25) is 4.90 Å². The van der Waals surface area contributed by atoms with E-state index in [2.05, 4.69) is 26.9 Å². The van der Waals surface area contributed by atoms with Gasteiger partial charge in [0.25, 0.3) is 0 Å². The lowest BCUT2D eigenvalue weighted by atomic mass is 10.0. The third-order valence-corrected chi connectivity index (χ3v) is 4.21. The molecule has 1 aromatic carbocycles. The Morgan fingerprint density at radius 1 is 1.45 bits per heavy atom. The first-order valence-corrected chi connectivity index (χ1v) is 7.69. The Bertz CT molecular complexity index is 441. The van der Waals surface area contributed by atoms with Gasteiger partial charge < -0.3 is 14.6 Å².